The van der Waals surface area contributed by atoms with Crippen molar-refractivity contribution in [1.82, 2.24) is 19.3 Å². The number of rotatable bonds is 5. The summed E-state index contributed by atoms with van der Waals surface area (Å²) in [5.74, 6) is -0.841. The summed E-state index contributed by atoms with van der Waals surface area (Å²) in [7, 11) is 2.75. The molecule has 0 unspecified atom stereocenters. The Balaban J connectivity index is 1.49. The number of anilines is 1. The van der Waals surface area contributed by atoms with Crippen molar-refractivity contribution in [1.29, 1.82) is 0 Å². The van der Waals surface area contributed by atoms with E-state index in [2.05, 4.69) is 4.90 Å². The lowest BCUT2D eigenvalue weighted by Crippen LogP contribution is -2.67. The third kappa shape index (κ3) is 3.89. The van der Waals surface area contributed by atoms with E-state index in [4.69, 9.17) is 5.21 Å². The van der Waals surface area contributed by atoms with Gasteiger partial charge in [0.15, 0.2) is 0 Å². The van der Waals surface area contributed by atoms with E-state index in [0.717, 1.165) is 21.9 Å². The quantitative estimate of drug-likeness (QED) is 0.486. The van der Waals surface area contributed by atoms with Crippen LogP contribution in [-0.2, 0) is 22.6 Å². The Morgan fingerprint density at radius 2 is 1.64 bits per heavy atom. The number of hydrogen-bond donors (Lipinski definition) is 1. The summed E-state index contributed by atoms with van der Waals surface area (Å²) in [6.45, 7) is 1.91. The van der Waals surface area contributed by atoms with Crippen molar-refractivity contribution in [2.45, 2.75) is 25.3 Å². The van der Waals surface area contributed by atoms with Crippen molar-refractivity contribution < 1.29 is 19.6 Å². The van der Waals surface area contributed by atoms with Gasteiger partial charge in [-0.1, -0.05) is 18.2 Å². The van der Waals surface area contributed by atoms with Gasteiger partial charge in [-0.3, -0.25) is 29.4 Å². The predicted octanol–water partition coefficient (Wildman–Crippen LogP) is 1.24. The van der Waals surface area contributed by atoms with Crippen LogP contribution in [0.25, 0.3) is 0 Å². The van der Waals surface area contributed by atoms with E-state index < -0.39 is 23.3 Å². The molecule has 2 saturated heterocycles. The number of amides is 4. The summed E-state index contributed by atoms with van der Waals surface area (Å²) in [6.07, 6.45) is 0.959. The van der Waals surface area contributed by atoms with Crippen LogP contribution in [0.5, 0.6) is 0 Å². The molecule has 2 atom stereocenters. The molecular weight excluding hydrogens is 466 g/mol. The molecule has 0 radical (unpaired) electrons. The predicted molar refractivity (Wildman–Crippen MR) is 129 cm³/mol. The normalized spacial score (nSPS) is 23.6. The first-order valence-corrected chi connectivity index (χ1v) is 11.9. The summed E-state index contributed by atoms with van der Waals surface area (Å²) in [5.41, 5.74) is 0.0420. The number of carbonyl (C=O) groups is 3. The maximum Gasteiger partial charge on any atom is 0.332 e. The highest BCUT2D eigenvalue weighted by atomic mass is 16.8. The first kappa shape index (κ1) is 24.2. The van der Waals surface area contributed by atoms with E-state index in [1.807, 2.05) is 10.6 Å². The minimum absolute atomic E-state index is 0.0190. The number of imide groups is 2. The summed E-state index contributed by atoms with van der Waals surface area (Å²) >= 11 is 0. The van der Waals surface area contributed by atoms with Gasteiger partial charge < -0.3 is 19.9 Å². The van der Waals surface area contributed by atoms with Crippen molar-refractivity contribution in [3.63, 3.8) is 0 Å². The first-order valence-electron chi connectivity index (χ1n) is 11.9. The lowest BCUT2D eigenvalue weighted by atomic mass is 9.75. The summed E-state index contributed by atoms with van der Waals surface area (Å²) < 4.78 is 1.82. The van der Waals surface area contributed by atoms with Crippen LogP contribution in [-0.4, -0.2) is 76.0 Å². The number of fused-ring (bicyclic) bond motifs is 4. The highest BCUT2D eigenvalue weighted by Crippen LogP contribution is 2.39. The number of piperidine rings is 1. The monoisotopic (exact) mass is 494 g/mol. The zero-order valence-corrected chi connectivity index (χ0v) is 20.2. The number of barbiturate groups is 1. The van der Waals surface area contributed by atoms with Crippen molar-refractivity contribution >= 4 is 23.5 Å². The van der Waals surface area contributed by atoms with Gasteiger partial charge in [0.05, 0.1) is 5.69 Å². The molecule has 5 rings (SSSR count). The van der Waals surface area contributed by atoms with Gasteiger partial charge in [0.2, 0.25) is 11.8 Å². The molecule has 1 N–H and O–H groups in total. The average molecular weight is 495 g/mol. The average Bonchev–Trinajstić information content (AvgIpc) is 2.86. The molecule has 0 spiro atoms. The van der Waals surface area contributed by atoms with E-state index in [9.17, 15) is 24.4 Å². The van der Waals surface area contributed by atoms with Gasteiger partial charge in [-0.15, -0.1) is 0 Å². The Morgan fingerprint density at radius 3 is 2.28 bits per heavy atom. The molecule has 2 fully saturated rings. The Bertz CT molecular complexity index is 1250. The minimum Gasteiger partial charge on any atom is -0.733 e. The molecule has 2 bridgehead atoms. The molecule has 190 valence electrons. The van der Waals surface area contributed by atoms with E-state index >= 15 is 0 Å². The molecule has 3 aliphatic rings. The standard InChI is InChI=1S/C25H28N5O6/c1-26-22(32)25(23(33)27(2)24(26)34,11-16-6-8-19(9-7-16)30(35)36)15-28-12-17-10-18(14-28)20-4-3-5-21(31)29(20)13-17/h3-9,17-18,35H,10-15H2,1-2H3/q-1/t17-,18+/m0/s1. The zero-order valence-electron chi connectivity index (χ0n) is 20.2. The van der Waals surface area contributed by atoms with Crippen LogP contribution < -0.4 is 10.8 Å². The molecule has 11 nitrogen and oxygen atoms in total. The molecule has 0 saturated carbocycles. The maximum atomic E-state index is 13.6. The topological polar surface area (TPSA) is 129 Å². The number of aromatic nitrogens is 1. The SMILES string of the molecule is CN1C(=O)N(C)C(=O)C(Cc2ccc(N([O-])O)cc2)(CN2C[C@@H]3C[C@H](C2)c2cccc(=O)n2C3)C1=O. The second kappa shape index (κ2) is 8.84. The fourth-order valence-corrected chi connectivity index (χ4v) is 6.07. The first-order chi connectivity index (χ1) is 17.1. The van der Waals surface area contributed by atoms with Crippen molar-refractivity contribution in [3.05, 3.63) is 69.3 Å². The van der Waals surface area contributed by atoms with Gasteiger partial charge in [0.25, 0.3) is 5.56 Å². The molecular formula is C25H28N5O6-. The van der Waals surface area contributed by atoms with Gasteiger partial charge in [0.1, 0.15) is 5.41 Å². The fourth-order valence-electron chi connectivity index (χ4n) is 6.07. The van der Waals surface area contributed by atoms with Crippen LogP contribution in [0.1, 0.15) is 23.6 Å². The molecule has 2 aromatic rings. The highest BCUT2D eigenvalue weighted by molar-refractivity contribution is 6.19. The van der Waals surface area contributed by atoms with Crippen LogP contribution in [0.3, 0.4) is 0 Å². The summed E-state index contributed by atoms with van der Waals surface area (Å²) in [6, 6.07) is 10.6. The third-order valence-corrected chi connectivity index (χ3v) is 7.71. The Kier molecular flexibility index (Phi) is 5.93. The van der Waals surface area contributed by atoms with Crippen LogP contribution in [0.2, 0.25) is 0 Å². The maximum absolute atomic E-state index is 13.6. The van der Waals surface area contributed by atoms with Gasteiger partial charge >= 0.3 is 6.03 Å². The second-order valence-corrected chi connectivity index (χ2v) is 10.1. The van der Waals surface area contributed by atoms with Crippen molar-refractivity contribution in [2.24, 2.45) is 11.3 Å². The van der Waals surface area contributed by atoms with Crippen LogP contribution in [0, 0.1) is 16.5 Å². The highest BCUT2D eigenvalue weighted by Gasteiger charge is 2.56. The molecule has 11 heteroatoms. The molecule has 3 aliphatic heterocycles. The number of urea groups is 1. The Labute approximate surface area is 207 Å². The lowest BCUT2D eigenvalue weighted by Gasteiger charge is -2.48. The largest absolute Gasteiger partial charge is 0.733 e. The second-order valence-electron chi connectivity index (χ2n) is 10.1. The van der Waals surface area contributed by atoms with E-state index in [1.165, 1.54) is 26.2 Å². The smallest absolute Gasteiger partial charge is 0.332 e. The molecule has 1 aromatic carbocycles. The molecule has 36 heavy (non-hydrogen) atoms. The number of carbonyl (C=O) groups excluding carboxylic acids is 3. The van der Waals surface area contributed by atoms with E-state index in [-0.39, 0.29) is 41.3 Å². The van der Waals surface area contributed by atoms with Crippen LogP contribution in [0.15, 0.2) is 47.3 Å². The lowest BCUT2D eigenvalue weighted by molar-refractivity contribution is -0.159. The number of likely N-dealkylation sites (tertiary alicyclic amines) is 1. The van der Waals surface area contributed by atoms with Crippen molar-refractivity contribution in [2.75, 3.05) is 39.0 Å². The minimum atomic E-state index is -1.54. The Hall–Kier alpha value is -3.54. The summed E-state index contributed by atoms with van der Waals surface area (Å²) in [5, 5.41) is 20.1. The van der Waals surface area contributed by atoms with Crippen LogP contribution >= 0.6 is 0 Å². The number of nitrogens with zero attached hydrogens (tertiary/aromatic N) is 5. The van der Waals surface area contributed by atoms with Gasteiger partial charge in [0, 0.05) is 58.0 Å². The molecule has 0 aliphatic carbocycles. The van der Waals surface area contributed by atoms with Crippen LogP contribution in [0.4, 0.5) is 10.5 Å². The zero-order chi connectivity index (χ0) is 25.8. The van der Waals surface area contributed by atoms with E-state index in [1.54, 1.807) is 24.3 Å². The molecule has 4 heterocycles. The number of hydrogen-bond acceptors (Lipinski definition) is 8. The van der Waals surface area contributed by atoms with Gasteiger partial charge in [-0.25, -0.2) is 4.79 Å². The molecule has 1 aromatic heterocycles. The fraction of sp³-hybridized carbons (Fsp3) is 0.440. The van der Waals surface area contributed by atoms with Crippen molar-refractivity contribution in [3.8, 4) is 0 Å². The Morgan fingerprint density at radius 1 is 0.972 bits per heavy atom. The summed E-state index contributed by atoms with van der Waals surface area (Å²) in [4.78, 5) is 56.3. The number of pyridine rings is 1. The molecule has 4 amide bonds. The van der Waals surface area contributed by atoms with Gasteiger partial charge in [-0.2, -0.15) is 0 Å². The van der Waals surface area contributed by atoms with Gasteiger partial charge in [-0.05, 0) is 42.5 Å². The number of benzene rings is 1. The van der Waals surface area contributed by atoms with E-state index in [0.29, 0.717) is 25.2 Å². The third-order valence-electron chi connectivity index (χ3n) is 7.71.